The topological polar surface area (TPSA) is 245 Å². The van der Waals surface area contributed by atoms with E-state index in [2.05, 4.69) is 0 Å². The predicted molar refractivity (Wildman–Crippen MR) is 212 cm³/mol. The highest BCUT2D eigenvalue weighted by Crippen LogP contribution is 2.55. The Kier molecular flexibility index (Phi) is 20.1. The van der Waals surface area contributed by atoms with E-state index < -0.39 is 114 Å². The summed E-state index contributed by atoms with van der Waals surface area (Å²) in [4.78, 5) is 0. The largest absolute Gasteiger partial charge is 0.333 e. The summed E-state index contributed by atoms with van der Waals surface area (Å²) in [7, 11) is -27.3. The van der Waals surface area contributed by atoms with Gasteiger partial charge >= 0.3 is 15.2 Å². The third-order valence-electron chi connectivity index (χ3n) is 9.77. The maximum atomic E-state index is 14.3. The molecular weight excluding hydrogens is 875 g/mol. The highest BCUT2D eigenvalue weighted by Gasteiger charge is 2.42. The highest BCUT2D eigenvalue weighted by atomic mass is 32.2. The van der Waals surface area contributed by atoms with Crippen LogP contribution in [-0.2, 0) is 84.4 Å². The second-order valence-corrected chi connectivity index (χ2v) is 26.8. The Morgan fingerprint density at radius 1 is 0.421 bits per heavy atom. The Hall–Kier alpha value is -0.0600. The molecule has 0 aliphatic heterocycles. The molecule has 0 spiro atoms. The van der Waals surface area contributed by atoms with Gasteiger partial charge in [0.1, 0.15) is 0 Å². The molecule has 338 valence electrons. The zero-order valence-corrected chi connectivity index (χ0v) is 39.0. The van der Waals surface area contributed by atoms with Crippen molar-refractivity contribution in [1.82, 2.24) is 0 Å². The van der Waals surface area contributed by atoms with Crippen molar-refractivity contribution < 1.29 is 77.6 Å². The number of hydrogen-bond acceptors (Lipinski definition) is 18. The third kappa shape index (κ3) is 17.3. The molecule has 0 aromatic carbocycles. The molecule has 0 radical (unpaired) electrons. The first-order valence-corrected chi connectivity index (χ1v) is 29.3. The van der Waals surface area contributed by atoms with Crippen LogP contribution in [0.4, 0.5) is 0 Å². The molecular formula is C33H64O18P2S4. The van der Waals surface area contributed by atoms with Crippen LogP contribution in [0.3, 0.4) is 0 Å². The fourth-order valence-electron chi connectivity index (χ4n) is 6.62. The molecule has 3 fully saturated rings. The second-order valence-electron chi connectivity index (χ2n) is 15.3. The minimum absolute atomic E-state index is 0.260. The van der Waals surface area contributed by atoms with E-state index in [0.29, 0.717) is 38.5 Å². The van der Waals surface area contributed by atoms with Gasteiger partial charge in [-0.05, 0) is 92.9 Å². The van der Waals surface area contributed by atoms with Crippen molar-refractivity contribution in [3.05, 3.63) is 0 Å². The summed E-state index contributed by atoms with van der Waals surface area (Å²) < 4.78 is 176. The van der Waals surface area contributed by atoms with Gasteiger partial charge in [0.25, 0.3) is 40.5 Å². The van der Waals surface area contributed by atoms with Crippen LogP contribution in [-0.4, -0.2) is 92.2 Å². The Balaban J connectivity index is 1.81. The van der Waals surface area contributed by atoms with Gasteiger partial charge in [-0.25, -0.2) is 0 Å². The maximum Gasteiger partial charge on any atom is 0.333 e. The van der Waals surface area contributed by atoms with Gasteiger partial charge in [0, 0.05) is 0 Å². The lowest BCUT2D eigenvalue weighted by Gasteiger charge is -2.28. The van der Waals surface area contributed by atoms with E-state index in [-0.39, 0.29) is 12.8 Å². The molecule has 3 saturated carbocycles. The van der Waals surface area contributed by atoms with Crippen LogP contribution >= 0.6 is 15.2 Å². The van der Waals surface area contributed by atoms with Gasteiger partial charge in [-0.2, -0.15) is 33.7 Å². The summed E-state index contributed by atoms with van der Waals surface area (Å²) in [5, 5.41) is 0. The molecule has 0 saturated heterocycles. The van der Waals surface area contributed by atoms with Crippen LogP contribution in [0.5, 0.6) is 0 Å². The van der Waals surface area contributed by atoms with Gasteiger partial charge in [-0.1, -0.05) is 57.8 Å². The zero-order chi connectivity index (χ0) is 42.7. The standard InChI is InChI=1S/C33H64O18P2S4/c1-26(2)48-54(36,37)27(3)44-52(34,45-28(4)55(38,39)49-31-18-10-7-11-19-31)24-16-17-25-53(35,46-29(5)56(40,41)50-32-20-12-8-13-21-32)47-30(6)57(42,43)51-33-22-14-9-15-23-33/h26-33H,7-25H2,1-6H3. The van der Waals surface area contributed by atoms with E-state index in [0.717, 1.165) is 85.5 Å². The monoisotopic (exact) mass is 938 g/mol. The summed E-state index contributed by atoms with van der Waals surface area (Å²) in [5.41, 5.74) is -7.48. The molecule has 5 atom stereocenters. The number of unbranched alkanes of at least 4 members (excludes halogenated alkanes) is 1. The minimum atomic E-state index is -4.68. The first-order valence-electron chi connectivity index (χ1n) is 20.0. The summed E-state index contributed by atoms with van der Waals surface area (Å²) >= 11 is 0. The predicted octanol–water partition coefficient (Wildman–Crippen LogP) is 7.40. The molecule has 0 bridgehead atoms. The molecule has 5 unspecified atom stereocenters. The average Bonchev–Trinajstić information content (AvgIpc) is 3.10. The van der Waals surface area contributed by atoms with E-state index in [4.69, 9.17) is 34.8 Å². The molecule has 0 amide bonds. The lowest BCUT2D eigenvalue weighted by atomic mass is 9.98. The van der Waals surface area contributed by atoms with E-state index in [1.165, 1.54) is 13.8 Å². The summed E-state index contributed by atoms with van der Waals surface area (Å²) in [6, 6.07) is 0. The van der Waals surface area contributed by atoms with Gasteiger partial charge in [0.05, 0.1) is 36.7 Å². The SMILES string of the molecule is CC(C)OS(=O)(=O)C(C)OP(=O)(CCCCP(=O)(OC(C)S(=O)(=O)OC1CCCCC1)OC(C)S(=O)(=O)OC1CCCCC1)OC(C)S(=O)(=O)OC1CCCCC1. The molecule has 3 aliphatic rings. The molecule has 0 aromatic heterocycles. The van der Waals surface area contributed by atoms with Gasteiger partial charge in [0.15, 0.2) is 21.7 Å². The van der Waals surface area contributed by atoms with Crippen molar-refractivity contribution in [2.75, 3.05) is 12.3 Å². The number of rotatable bonds is 25. The lowest BCUT2D eigenvalue weighted by Crippen LogP contribution is -2.31. The molecule has 0 aromatic rings. The van der Waals surface area contributed by atoms with Gasteiger partial charge < -0.3 is 0 Å². The molecule has 0 heterocycles. The average molecular weight is 939 g/mol. The molecule has 3 rings (SSSR count). The summed E-state index contributed by atoms with van der Waals surface area (Å²) in [6.45, 7) is 7.17. The molecule has 24 heteroatoms. The van der Waals surface area contributed by atoms with Crippen LogP contribution in [0.15, 0.2) is 0 Å². The maximum absolute atomic E-state index is 14.3. The van der Waals surface area contributed by atoms with Crippen molar-refractivity contribution in [2.45, 2.75) is 197 Å². The van der Waals surface area contributed by atoms with Crippen molar-refractivity contribution >= 4 is 55.7 Å². The molecule has 57 heavy (non-hydrogen) atoms. The van der Waals surface area contributed by atoms with Crippen molar-refractivity contribution in [2.24, 2.45) is 0 Å². The Bertz CT molecular complexity index is 1730. The van der Waals surface area contributed by atoms with Gasteiger partial charge in [-0.15, -0.1) is 0 Å². The Morgan fingerprint density at radius 3 is 0.912 bits per heavy atom. The highest BCUT2D eigenvalue weighted by molar-refractivity contribution is 7.88. The van der Waals surface area contributed by atoms with Crippen molar-refractivity contribution in [3.8, 4) is 0 Å². The Morgan fingerprint density at radius 2 is 0.667 bits per heavy atom. The van der Waals surface area contributed by atoms with Crippen LogP contribution in [0.2, 0.25) is 0 Å². The van der Waals surface area contributed by atoms with E-state index in [9.17, 15) is 42.8 Å². The second kappa shape index (κ2) is 22.3. The van der Waals surface area contributed by atoms with Gasteiger partial charge in [0.2, 0.25) is 0 Å². The first-order chi connectivity index (χ1) is 26.4. The fourth-order valence-corrected chi connectivity index (χ4v) is 16.3. The normalized spacial score (nSPS) is 23.4. The summed E-state index contributed by atoms with van der Waals surface area (Å²) in [6.07, 6.45) is 5.90. The molecule has 3 aliphatic carbocycles. The van der Waals surface area contributed by atoms with Crippen LogP contribution in [0.1, 0.15) is 151 Å². The van der Waals surface area contributed by atoms with Crippen LogP contribution in [0, 0.1) is 0 Å². The van der Waals surface area contributed by atoms with Crippen molar-refractivity contribution in [1.29, 1.82) is 0 Å². The fraction of sp³-hybridized carbons (Fsp3) is 1.00. The van der Waals surface area contributed by atoms with Gasteiger partial charge in [-0.3, -0.25) is 44.0 Å². The quantitative estimate of drug-likeness (QED) is 0.0492. The zero-order valence-electron chi connectivity index (χ0n) is 33.9. The minimum Gasteiger partial charge on any atom is -0.287 e. The van der Waals surface area contributed by atoms with E-state index in [1.54, 1.807) is 0 Å². The lowest BCUT2D eigenvalue weighted by molar-refractivity contribution is 0.125. The summed E-state index contributed by atoms with van der Waals surface area (Å²) in [5.74, 6) is 0. The number of hydrogen-bond donors (Lipinski definition) is 0. The smallest absolute Gasteiger partial charge is 0.287 e. The van der Waals surface area contributed by atoms with Crippen LogP contribution in [0.25, 0.3) is 0 Å². The van der Waals surface area contributed by atoms with E-state index in [1.807, 2.05) is 0 Å². The Labute approximate surface area is 341 Å². The third-order valence-corrected chi connectivity index (χ3v) is 20.5. The van der Waals surface area contributed by atoms with Crippen LogP contribution < -0.4 is 0 Å². The molecule has 18 nitrogen and oxygen atoms in total. The van der Waals surface area contributed by atoms with Crippen molar-refractivity contribution in [3.63, 3.8) is 0 Å². The first kappa shape index (κ1) is 51.3. The molecule has 0 N–H and O–H groups in total. The van der Waals surface area contributed by atoms with E-state index >= 15 is 0 Å².